The lowest BCUT2D eigenvalue weighted by Gasteiger charge is -2.24. The van der Waals surface area contributed by atoms with Gasteiger partial charge in [-0.15, -0.1) is 0 Å². The van der Waals surface area contributed by atoms with Crippen molar-refractivity contribution in [2.75, 3.05) is 5.32 Å². The quantitative estimate of drug-likeness (QED) is 0.741. The Morgan fingerprint density at radius 1 is 0.850 bits per heavy atom. The Bertz CT molecular complexity index is 550. The Labute approximate surface area is 122 Å². The van der Waals surface area contributed by atoms with Crippen molar-refractivity contribution in [3.8, 4) is 0 Å². The Morgan fingerprint density at radius 3 is 2.30 bits per heavy atom. The molecule has 1 N–H and O–H groups in total. The number of benzene rings is 2. The van der Waals surface area contributed by atoms with Crippen LogP contribution in [-0.2, 0) is 0 Å². The molecule has 0 heterocycles. The minimum atomic E-state index is 0.734. The number of para-hydroxylation sites is 1. The average molecular weight is 265 g/mol. The molecule has 3 rings (SSSR count). The minimum Gasteiger partial charge on any atom is -0.355 e. The first kappa shape index (κ1) is 13.2. The van der Waals surface area contributed by atoms with Crippen LogP contribution in [0.1, 0.15) is 49.1 Å². The maximum Gasteiger partial charge on any atom is 0.0419 e. The number of hydrogen-bond acceptors (Lipinski definition) is 1. The van der Waals surface area contributed by atoms with E-state index in [1.165, 1.54) is 54.6 Å². The summed E-state index contributed by atoms with van der Waals surface area (Å²) in [6, 6.07) is 17.4. The lowest BCUT2D eigenvalue weighted by atomic mass is 9.83. The van der Waals surface area contributed by atoms with Gasteiger partial charge in [0.2, 0.25) is 0 Å². The highest BCUT2D eigenvalue weighted by molar-refractivity contribution is 5.64. The van der Waals surface area contributed by atoms with E-state index in [9.17, 15) is 0 Å². The van der Waals surface area contributed by atoms with Crippen LogP contribution in [0.15, 0.2) is 48.5 Å². The number of hydrogen-bond donors (Lipinski definition) is 1. The highest BCUT2D eigenvalue weighted by Crippen LogP contribution is 2.37. The molecule has 0 amide bonds. The third-order valence-corrected chi connectivity index (χ3v) is 4.34. The van der Waals surface area contributed by atoms with Gasteiger partial charge in [-0.1, -0.05) is 55.2 Å². The molecule has 0 bridgehead atoms. The smallest absolute Gasteiger partial charge is 0.0419 e. The van der Waals surface area contributed by atoms with E-state index in [1.54, 1.807) is 0 Å². The standard InChI is InChI=1S/C19H23N/c1-15-11-13-17(14-12-15)20-19-10-6-5-9-18(19)16-7-3-2-4-8-16/h5-6,9-14,16,20H,2-4,7-8H2,1H3. The molecule has 1 saturated carbocycles. The van der Waals surface area contributed by atoms with Crippen molar-refractivity contribution in [3.05, 3.63) is 59.7 Å². The largest absolute Gasteiger partial charge is 0.355 e. The van der Waals surface area contributed by atoms with Crippen LogP contribution in [0.4, 0.5) is 11.4 Å². The van der Waals surface area contributed by atoms with Crippen molar-refractivity contribution in [1.29, 1.82) is 0 Å². The van der Waals surface area contributed by atoms with Crippen LogP contribution in [0.3, 0.4) is 0 Å². The molecule has 0 aromatic heterocycles. The van der Waals surface area contributed by atoms with Gasteiger partial charge >= 0.3 is 0 Å². The number of rotatable bonds is 3. The van der Waals surface area contributed by atoms with Gasteiger partial charge in [-0.3, -0.25) is 0 Å². The predicted octanol–water partition coefficient (Wildman–Crippen LogP) is 5.79. The molecule has 1 heteroatoms. The number of nitrogens with one attached hydrogen (secondary N) is 1. The second-order valence-corrected chi connectivity index (χ2v) is 5.91. The normalized spacial score (nSPS) is 16.1. The molecule has 2 aromatic carbocycles. The van der Waals surface area contributed by atoms with Gasteiger partial charge in [0.15, 0.2) is 0 Å². The van der Waals surface area contributed by atoms with Gasteiger partial charge in [0.1, 0.15) is 0 Å². The van der Waals surface area contributed by atoms with Crippen molar-refractivity contribution in [2.45, 2.75) is 44.9 Å². The second kappa shape index (κ2) is 6.13. The first-order valence-electron chi connectivity index (χ1n) is 7.75. The summed E-state index contributed by atoms with van der Waals surface area (Å²) < 4.78 is 0. The molecule has 2 aromatic rings. The van der Waals surface area contributed by atoms with Gasteiger partial charge in [0.05, 0.1) is 0 Å². The van der Waals surface area contributed by atoms with E-state index in [4.69, 9.17) is 0 Å². The zero-order valence-electron chi connectivity index (χ0n) is 12.2. The van der Waals surface area contributed by atoms with Crippen LogP contribution in [0.25, 0.3) is 0 Å². The van der Waals surface area contributed by atoms with Gasteiger partial charge in [-0.25, -0.2) is 0 Å². The molecule has 1 fully saturated rings. The van der Waals surface area contributed by atoms with E-state index in [0.717, 1.165) is 5.92 Å². The fraction of sp³-hybridized carbons (Fsp3) is 0.368. The zero-order chi connectivity index (χ0) is 13.8. The molecule has 0 aliphatic heterocycles. The van der Waals surface area contributed by atoms with Crippen molar-refractivity contribution in [1.82, 2.24) is 0 Å². The van der Waals surface area contributed by atoms with Gasteiger partial charge in [-0.05, 0) is 49.4 Å². The first-order valence-corrected chi connectivity index (χ1v) is 7.75. The third kappa shape index (κ3) is 3.04. The molecule has 104 valence electrons. The highest BCUT2D eigenvalue weighted by Gasteiger charge is 2.18. The third-order valence-electron chi connectivity index (χ3n) is 4.34. The van der Waals surface area contributed by atoms with Crippen LogP contribution >= 0.6 is 0 Å². The van der Waals surface area contributed by atoms with Crippen LogP contribution in [0.2, 0.25) is 0 Å². The molecule has 0 saturated heterocycles. The maximum atomic E-state index is 3.60. The van der Waals surface area contributed by atoms with Crippen LogP contribution in [-0.4, -0.2) is 0 Å². The minimum absolute atomic E-state index is 0.734. The first-order chi connectivity index (χ1) is 9.83. The molecule has 0 spiro atoms. The summed E-state index contributed by atoms with van der Waals surface area (Å²) >= 11 is 0. The monoisotopic (exact) mass is 265 g/mol. The van der Waals surface area contributed by atoms with Crippen LogP contribution < -0.4 is 5.32 Å². The molecular weight excluding hydrogens is 242 g/mol. The molecule has 0 radical (unpaired) electrons. The van der Waals surface area contributed by atoms with E-state index in [0.29, 0.717) is 0 Å². The highest BCUT2D eigenvalue weighted by atomic mass is 14.9. The molecule has 1 aliphatic carbocycles. The predicted molar refractivity (Wildman–Crippen MR) is 86.7 cm³/mol. The van der Waals surface area contributed by atoms with Crippen LogP contribution in [0.5, 0.6) is 0 Å². The van der Waals surface area contributed by atoms with E-state index >= 15 is 0 Å². The van der Waals surface area contributed by atoms with Crippen molar-refractivity contribution >= 4 is 11.4 Å². The van der Waals surface area contributed by atoms with Gasteiger partial charge in [0.25, 0.3) is 0 Å². The summed E-state index contributed by atoms with van der Waals surface area (Å²) in [4.78, 5) is 0. The molecule has 1 aliphatic rings. The fourth-order valence-corrected chi connectivity index (χ4v) is 3.17. The Morgan fingerprint density at radius 2 is 1.55 bits per heavy atom. The average Bonchev–Trinajstić information content (AvgIpc) is 2.51. The molecule has 0 unspecified atom stereocenters. The molecule has 20 heavy (non-hydrogen) atoms. The Balaban J connectivity index is 1.83. The van der Waals surface area contributed by atoms with Gasteiger partial charge < -0.3 is 5.32 Å². The van der Waals surface area contributed by atoms with Crippen molar-refractivity contribution in [3.63, 3.8) is 0 Å². The van der Waals surface area contributed by atoms with Crippen molar-refractivity contribution < 1.29 is 0 Å². The molecule has 1 nitrogen and oxygen atoms in total. The Kier molecular flexibility index (Phi) is 4.05. The van der Waals surface area contributed by atoms with E-state index in [1.807, 2.05) is 0 Å². The second-order valence-electron chi connectivity index (χ2n) is 5.91. The topological polar surface area (TPSA) is 12.0 Å². The lowest BCUT2D eigenvalue weighted by Crippen LogP contribution is -2.07. The van der Waals surface area contributed by atoms with E-state index < -0.39 is 0 Å². The van der Waals surface area contributed by atoms with E-state index in [-0.39, 0.29) is 0 Å². The molecule has 0 atom stereocenters. The number of anilines is 2. The summed E-state index contributed by atoms with van der Waals surface area (Å²) in [5.41, 5.74) is 5.26. The van der Waals surface area contributed by atoms with Crippen LogP contribution in [0, 0.1) is 6.92 Å². The summed E-state index contributed by atoms with van der Waals surface area (Å²) in [6.45, 7) is 2.12. The molecular formula is C19H23N. The zero-order valence-corrected chi connectivity index (χ0v) is 12.2. The fourth-order valence-electron chi connectivity index (χ4n) is 3.17. The van der Waals surface area contributed by atoms with E-state index in [2.05, 4.69) is 60.8 Å². The van der Waals surface area contributed by atoms with Crippen molar-refractivity contribution in [2.24, 2.45) is 0 Å². The maximum absolute atomic E-state index is 3.60. The number of aryl methyl sites for hydroxylation is 1. The Hall–Kier alpha value is -1.76. The van der Waals surface area contributed by atoms with Gasteiger partial charge in [-0.2, -0.15) is 0 Å². The summed E-state index contributed by atoms with van der Waals surface area (Å²) in [5.74, 6) is 0.734. The SMILES string of the molecule is Cc1ccc(Nc2ccccc2C2CCCCC2)cc1. The lowest BCUT2D eigenvalue weighted by molar-refractivity contribution is 0.444. The summed E-state index contributed by atoms with van der Waals surface area (Å²) in [5, 5.41) is 3.60. The summed E-state index contributed by atoms with van der Waals surface area (Å²) in [7, 11) is 0. The summed E-state index contributed by atoms with van der Waals surface area (Å²) in [6.07, 6.45) is 6.84. The van der Waals surface area contributed by atoms with Gasteiger partial charge in [0, 0.05) is 11.4 Å².